The Morgan fingerprint density at radius 2 is 1.69 bits per heavy atom. The Balaban J connectivity index is 0.00000144. The van der Waals surface area contributed by atoms with Crippen LogP contribution in [0.3, 0.4) is 0 Å². The molecule has 0 aliphatic carbocycles. The van der Waals surface area contributed by atoms with E-state index in [0.717, 1.165) is 6.42 Å². The van der Waals surface area contributed by atoms with Gasteiger partial charge in [-0.3, -0.25) is 0 Å². The highest BCUT2D eigenvalue weighted by molar-refractivity contribution is 8.93. The summed E-state index contributed by atoms with van der Waals surface area (Å²) in [7, 11) is 4.25. The molecule has 1 unspecified atom stereocenters. The van der Waals surface area contributed by atoms with Crippen LogP contribution in [0.1, 0.15) is 24.9 Å². The lowest BCUT2D eigenvalue weighted by atomic mass is 10.0. The highest BCUT2D eigenvalue weighted by Crippen LogP contribution is 2.20. The molecule has 0 bridgehead atoms. The van der Waals surface area contributed by atoms with Crippen LogP contribution >= 0.6 is 17.0 Å². The Bertz CT molecular complexity index is 221. The Kier molecular flexibility index (Phi) is 6.00. The van der Waals surface area contributed by atoms with Gasteiger partial charge in [-0.1, -0.05) is 37.3 Å². The van der Waals surface area contributed by atoms with E-state index in [2.05, 4.69) is 56.3 Å². The number of hydrogen-bond donors (Lipinski definition) is 0. The fraction of sp³-hybridized carbons (Fsp3) is 0.455. The molecular weight excluding hydrogens is 226 g/mol. The molecule has 1 atom stereocenters. The maximum absolute atomic E-state index is 2.26. The molecule has 1 nitrogen and oxygen atoms in total. The third-order valence-electron chi connectivity index (χ3n) is 2.19. The summed E-state index contributed by atoms with van der Waals surface area (Å²) in [6, 6.07) is 11.2. The van der Waals surface area contributed by atoms with Crippen LogP contribution in [0.25, 0.3) is 0 Å². The van der Waals surface area contributed by atoms with Crippen molar-refractivity contribution in [3.05, 3.63) is 35.9 Å². The smallest absolute Gasteiger partial charge is 0.0339 e. The summed E-state index contributed by atoms with van der Waals surface area (Å²) in [5.41, 5.74) is 1.41. The molecule has 0 radical (unpaired) electrons. The summed E-state index contributed by atoms with van der Waals surface area (Å²) in [4.78, 5) is 2.26. The molecule has 0 N–H and O–H groups in total. The van der Waals surface area contributed by atoms with E-state index in [1.54, 1.807) is 0 Å². The molecule has 0 aliphatic heterocycles. The third kappa shape index (κ3) is 3.49. The van der Waals surface area contributed by atoms with Gasteiger partial charge in [0.2, 0.25) is 0 Å². The maximum Gasteiger partial charge on any atom is 0.0339 e. The van der Waals surface area contributed by atoms with Crippen molar-refractivity contribution in [2.75, 3.05) is 14.1 Å². The predicted molar refractivity (Wildman–Crippen MR) is 63.5 cm³/mol. The first-order valence-electron chi connectivity index (χ1n) is 4.47. The summed E-state index contributed by atoms with van der Waals surface area (Å²) in [6.45, 7) is 2.22. The Morgan fingerprint density at radius 3 is 2.08 bits per heavy atom. The first-order valence-corrected chi connectivity index (χ1v) is 4.47. The van der Waals surface area contributed by atoms with Crippen molar-refractivity contribution < 1.29 is 0 Å². The van der Waals surface area contributed by atoms with Crippen molar-refractivity contribution in [1.82, 2.24) is 4.90 Å². The summed E-state index contributed by atoms with van der Waals surface area (Å²) < 4.78 is 0. The normalized spacial score (nSPS) is 12.3. The van der Waals surface area contributed by atoms with Gasteiger partial charge in [0, 0.05) is 6.04 Å². The molecule has 1 rings (SSSR count). The molecule has 1 aromatic rings. The van der Waals surface area contributed by atoms with Crippen molar-refractivity contribution >= 4 is 17.0 Å². The summed E-state index contributed by atoms with van der Waals surface area (Å²) >= 11 is 0. The monoisotopic (exact) mass is 243 g/mol. The van der Waals surface area contributed by atoms with E-state index in [4.69, 9.17) is 0 Å². The average Bonchev–Trinajstić information content (AvgIpc) is 2.07. The van der Waals surface area contributed by atoms with Crippen LogP contribution in [-0.4, -0.2) is 19.0 Å². The summed E-state index contributed by atoms with van der Waals surface area (Å²) in [5.74, 6) is 0. The standard InChI is InChI=1S/C11H17N.BrH/c1-4-11(12(2)3)10-8-6-5-7-9-10;/h5-9,11H,4H2,1-3H3;1H. The quantitative estimate of drug-likeness (QED) is 0.788. The van der Waals surface area contributed by atoms with Gasteiger partial charge >= 0.3 is 0 Å². The van der Waals surface area contributed by atoms with Crippen molar-refractivity contribution in [3.63, 3.8) is 0 Å². The number of nitrogens with zero attached hydrogens (tertiary/aromatic N) is 1. The fourth-order valence-corrected chi connectivity index (χ4v) is 1.57. The predicted octanol–water partition coefficient (Wildman–Crippen LogP) is 3.28. The summed E-state index contributed by atoms with van der Waals surface area (Å²) in [5, 5.41) is 0. The van der Waals surface area contributed by atoms with Gasteiger partial charge in [0.15, 0.2) is 0 Å². The van der Waals surface area contributed by atoms with Crippen LogP contribution in [0.15, 0.2) is 30.3 Å². The molecule has 0 heterocycles. The van der Waals surface area contributed by atoms with E-state index in [0.29, 0.717) is 6.04 Å². The molecule has 74 valence electrons. The first-order chi connectivity index (χ1) is 5.75. The number of hydrogen-bond acceptors (Lipinski definition) is 1. The van der Waals surface area contributed by atoms with Gasteiger partial charge in [-0.2, -0.15) is 0 Å². The van der Waals surface area contributed by atoms with E-state index in [-0.39, 0.29) is 17.0 Å². The first kappa shape index (κ1) is 12.7. The van der Waals surface area contributed by atoms with Crippen LogP contribution in [-0.2, 0) is 0 Å². The minimum Gasteiger partial charge on any atom is -0.302 e. The minimum atomic E-state index is 0. The summed E-state index contributed by atoms with van der Waals surface area (Å²) in [6.07, 6.45) is 1.16. The maximum atomic E-state index is 2.26. The molecule has 0 spiro atoms. The average molecular weight is 244 g/mol. The molecule has 0 saturated carbocycles. The van der Waals surface area contributed by atoms with E-state index < -0.39 is 0 Å². The molecule has 0 amide bonds. The SMILES string of the molecule is Br.CCC(c1ccccc1)N(C)C. The van der Waals surface area contributed by atoms with Crippen LogP contribution in [0.4, 0.5) is 0 Å². The number of rotatable bonds is 3. The van der Waals surface area contributed by atoms with Gasteiger partial charge in [0.25, 0.3) is 0 Å². The molecule has 1 aromatic carbocycles. The van der Waals surface area contributed by atoms with Gasteiger partial charge in [-0.25, -0.2) is 0 Å². The van der Waals surface area contributed by atoms with E-state index in [1.807, 2.05) is 0 Å². The lowest BCUT2D eigenvalue weighted by Crippen LogP contribution is -2.18. The second-order valence-electron chi connectivity index (χ2n) is 3.30. The third-order valence-corrected chi connectivity index (χ3v) is 2.19. The molecule has 0 aliphatic rings. The lowest BCUT2D eigenvalue weighted by Gasteiger charge is -2.22. The highest BCUT2D eigenvalue weighted by atomic mass is 79.9. The highest BCUT2D eigenvalue weighted by Gasteiger charge is 2.09. The van der Waals surface area contributed by atoms with Gasteiger partial charge in [0.05, 0.1) is 0 Å². The Labute approximate surface area is 91.5 Å². The van der Waals surface area contributed by atoms with Crippen molar-refractivity contribution in [3.8, 4) is 0 Å². The van der Waals surface area contributed by atoms with Crippen LogP contribution in [0, 0.1) is 0 Å². The topological polar surface area (TPSA) is 3.24 Å². The fourth-order valence-electron chi connectivity index (χ4n) is 1.57. The van der Waals surface area contributed by atoms with Crippen molar-refractivity contribution in [2.24, 2.45) is 0 Å². The molecule has 13 heavy (non-hydrogen) atoms. The number of benzene rings is 1. The van der Waals surface area contributed by atoms with Crippen LogP contribution in [0.2, 0.25) is 0 Å². The van der Waals surface area contributed by atoms with Crippen molar-refractivity contribution in [2.45, 2.75) is 19.4 Å². The van der Waals surface area contributed by atoms with E-state index in [9.17, 15) is 0 Å². The largest absolute Gasteiger partial charge is 0.302 e. The second kappa shape index (κ2) is 6.17. The van der Waals surface area contributed by atoms with Gasteiger partial charge < -0.3 is 4.90 Å². The van der Waals surface area contributed by atoms with Gasteiger partial charge in [-0.05, 0) is 26.1 Å². The van der Waals surface area contributed by atoms with E-state index in [1.165, 1.54) is 5.56 Å². The molecule has 2 heteroatoms. The van der Waals surface area contributed by atoms with Crippen LogP contribution < -0.4 is 0 Å². The zero-order valence-electron chi connectivity index (χ0n) is 8.53. The second-order valence-corrected chi connectivity index (χ2v) is 3.30. The zero-order valence-corrected chi connectivity index (χ0v) is 10.2. The Morgan fingerprint density at radius 1 is 1.15 bits per heavy atom. The van der Waals surface area contributed by atoms with Crippen molar-refractivity contribution in [1.29, 1.82) is 0 Å². The number of halogens is 1. The zero-order chi connectivity index (χ0) is 8.97. The minimum absolute atomic E-state index is 0. The molecule has 0 saturated heterocycles. The van der Waals surface area contributed by atoms with Crippen LogP contribution in [0.5, 0.6) is 0 Å². The molecule has 0 aromatic heterocycles. The lowest BCUT2D eigenvalue weighted by molar-refractivity contribution is 0.292. The van der Waals surface area contributed by atoms with Gasteiger partial charge in [-0.15, -0.1) is 17.0 Å². The molecule has 0 fully saturated rings. The van der Waals surface area contributed by atoms with Gasteiger partial charge in [0.1, 0.15) is 0 Å². The molecular formula is C11H18BrN. The Hall–Kier alpha value is -0.340. The van der Waals surface area contributed by atoms with E-state index >= 15 is 0 Å².